The molecule has 0 heterocycles. The fourth-order valence-electron chi connectivity index (χ4n) is 2.64. The van der Waals surface area contributed by atoms with Gasteiger partial charge in [0.2, 0.25) is 5.91 Å². The maximum Gasteiger partial charge on any atom is 0.310 e. The SMILES string of the molecule is COCC(N)C(=O)NC1CCCCCCC1C(=O)OC. The lowest BCUT2D eigenvalue weighted by atomic mass is 9.86. The average molecular weight is 286 g/mol. The molecule has 0 aliphatic heterocycles. The van der Waals surface area contributed by atoms with Crippen molar-refractivity contribution < 1.29 is 19.1 Å². The number of nitrogens with two attached hydrogens (primary N) is 1. The van der Waals surface area contributed by atoms with Crippen molar-refractivity contribution >= 4 is 11.9 Å². The maximum absolute atomic E-state index is 12.0. The minimum Gasteiger partial charge on any atom is -0.469 e. The van der Waals surface area contributed by atoms with Crippen LogP contribution in [0.2, 0.25) is 0 Å². The van der Waals surface area contributed by atoms with Crippen molar-refractivity contribution in [2.75, 3.05) is 20.8 Å². The Morgan fingerprint density at radius 2 is 1.85 bits per heavy atom. The van der Waals surface area contributed by atoms with E-state index in [4.69, 9.17) is 15.2 Å². The largest absolute Gasteiger partial charge is 0.469 e. The van der Waals surface area contributed by atoms with Gasteiger partial charge in [0.25, 0.3) is 0 Å². The van der Waals surface area contributed by atoms with Crippen molar-refractivity contribution in [1.82, 2.24) is 5.32 Å². The molecule has 116 valence electrons. The van der Waals surface area contributed by atoms with Gasteiger partial charge < -0.3 is 20.5 Å². The second-order valence-electron chi connectivity index (χ2n) is 5.30. The molecule has 6 heteroatoms. The Kier molecular flexibility index (Phi) is 7.54. The van der Waals surface area contributed by atoms with Crippen LogP contribution in [0.4, 0.5) is 0 Å². The van der Waals surface area contributed by atoms with Gasteiger partial charge in [0.05, 0.1) is 19.6 Å². The number of methoxy groups -OCH3 is 2. The molecule has 1 fully saturated rings. The van der Waals surface area contributed by atoms with E-state index >= 15 is 0 Å². The Balaban J connectivity index is 2.68. The summed E-state index contributed by atoms with van der Waals surface area (Å²) in [4.78, 5) is 23.9. The second kappa shape index (κ2) is 8.92. The van der Waals surface area contributed by atoms with E-state index in [1.165, 1.54) is 14.2 Å². The number of carbonyl (C=O) groups excluding carboxylic acids is 2. The molecule has 0 aromatic carbocycles. The molecule has 0 radical (unpaired) electrons. The van der Waals surface area contributed by atoms with Gasteiger partial charge in [0, 0.05) is 13.2 Å². The molecule has 3 unspecified atom stereocenters. The Labute approximate surface area is 120 Å². The van der Waals surface area contributed by atoms with Crippen LogP contribution in [0.25, 0.3) is 0 Å². The summed E-state index contributed by atoms with van der Waals surface area (Å²) in [6, 6.07) is -0.901. The number of amides is 1. The van der Waals surface area contributed by atoms with Crippen LogP contribution in [0.3, 0.4) is 0 Å². The van der Waals surface area contributed by atoms with Crippen molar-refractivity contribution in [2.24, 2.45) is 11.7 Å². The van der Waals surface area contributed by atoms with E-state index in [2.05, 4.69) is 5.32 Å². The van der Waals surface area contributed by atoms with Gasteiger partial charge in [0.1, 0.15) is 6.04 Å². The molecule has 0 saturated heterocycles. The number of ether oxygens (including phenoxy) is 2. The molecule has 0 aromatic heterocycles. The Morgan fingerprint density at radius 3 is 2.45 bits per heavy atom. The molecule has 0 aromatic rings. The van der Waals surface area contributed by atoms with Crippen molar-refractivity contribution in [1.29, 1.82) is 0 Å². The number of rotatable bonds is 5. The normalized spacial score (nSPS) is 25.1. The molecule has 1 aliphatic rings. The number of nitrogens with one attached hydrogen (secondary N) is 1. The molecule has 1 rings (SSSR count). The minimum atomic E-state index is -0.705. The fraction of sp³-hybridized carbons (Fsp3) is 0.857. The Morgan fingerprint density at radius 1 is 1.20 bits per heavy atom. The number of esters is 1. The first-order valence-corrected chi connectivity index (χ1v) is 7.22. The summed E-state index contributed by atoms with van der Waals surface area (Å²) in [5, 5.41) is 2.89. The zero-order valence-electron chi connectivity index (χ0n) is 12.4. The zero-order valence-corrected chi connectivity index (χ0v) is 12.4. The first-order chi connectivity index (χ1) is 9.60. The fourth-order valence-corrected chi connectivity index (χ4v) is 2.64. The summed E-state index contributed by atoms with van der Waals surface area (Å²) >= 11 is 0. The smallest absolute Gasteiger partial charge is 0.310 e. The third-order valence-electron chi connectivity index (χ3n) is 3.78. The summed E-state index contributed by atoms with van der Waals surface area (Å²) in [6.45, 7) is 0.168. The monoisotopic (exact) mass is 286 g/mol. The molecule has 0 spiro atoms. The van der Waals surface area contributed by atoms with Crippen LogP contribution in [0.15, 0.2) is 0 Å². The van der Waals surface area contributed by atoms with Crippen LogP contribution in [0.1, 0.15) is 38.5 Å². The van der Waals surface area contributed by atoms with Crippen LogP contribution < -0.4 is 11.1 Å². The maximum atomic E-state index is 12.0. The lowest BCUT2D eigenvalue weighted by molar-refractivity contribution is -0.147. The van der Waals surface area contributed by atoms with E-state index < -0.39 is 6.04 Å². The highest BCUT2D eigenvalue weighted by atomic mass is 16.5. The van der Waals surface area contributed by atoms with E-state index in [1.807, 2.05) is 0 Å². The van der Waals surface area contributed by atoms with E-state index in [0.717, 1.165) is 38.5 Å². The number of hydrogen-bond donors (Lipinski definition) is 2. The molecule has 3 atom stereocenters. The second-order valence-corrected chi connectivity index (χ2v) is 5.30. The standard InChI is InChI=1S/C14H26N2O4/c1-19-9-11(15)13(17)16-12-8-6-4-3-5-7-10(12)14(18)20-2/h10-12H,3-9,15H2,1-2H3,(H,16,17). The van der Waals surface area contributed by atoms with Crippen molar-refractivity contribution in [3.63, 3.8) is 0 Å². The Bertz CT molecular complexity index is 322. The van der Waals surface area contributed by atoms with Crippen LogP contribution in [-0.2, 0) is 19.1 Å². The van der Waals surface area contributed by atoms with Gasteiger partial charge in [-0.05, 0) is 12.8 Å². The highest BCUT2D eigenvalue weighted by molar-refractivity contribution is 5.83. The van der Waals surface area contributed by atoms with Gasteiger partial charge in [-0.2, -0.15) is 0 Å². The van der Waals surface area contributed by atoms with Gasteiger partial charge in [0.15, 0.2) is 0 Å². The summed E-state index contributed by atoms with van der Waals surface area (Å²) in [5.74, 6) is -0.803. The van der Waals surface area contributed by atoms with E-state index in [1.54, 1.807) is 0 Å². The average Bonchev–Trinajstić information content (AvgIpc) is 2.41. The zero-order chi connectivity index (χ0) is 15.0. The molecule has 20 heavy (non-hydrogen) atoms. The van der Waals surface area contributed by atoms with Gasteiger partial charge in [-0.25, -0.2) is 0 Å². The van der Waals surface area contributed by atoms with Gasteiger partial charge in [-0.15, -0.1) is 0 Å². The van der Waals surface area contributed by atoms with Crippen LogP contribution >= 0.6 is 0 Å². The topological polar surface area (TPSA) is 90.6 Å². The van der Waals surface area contributed by atoms with Crippen molar-refractivity contribution in [3.8, 4) is 0 Å². The molecular weight excluding hydrogens is 260 g/mol. The summed E-state index contributed by atoms with van der Waals surface area (Å²) in [6.07, 6.45) is 5.76. The first-order valence-electron chi connectivity index (χ1n) is 7.22. The molecule has 3 N–H and O–H groups in total. The quantitative estimate of drug-likeness (QED) is 0.722. The Hall–Kier alpha value is -1.14. The predicted octanol–water partition coefficient (Wildman–Crippen LogP) is 0.588. The first kappa shape index (κ1) is 16.9. The number of hydrogen-bond acceptors (Lipinski definition) is 5. The summed E-state index contributed by atoms with van der Waals surface area (Å²) in [5.41, 5.74) is 5.72. The minimum absolute atomic E-state index is 0.168. The highest BCUT2D eigenvalue weighted by Gasteiger charge is 2.31. The van der Waals surface area contributed by atoms with Gasteiger partial charge in [-0.3, -0.25) is 9.59 Å². The third kappa shape index (κ3) is 5.09. The summed E-state index contributed by atoms with van der Waals surface area (Å²) < 4.78 is 9.74. The molecule has 0 bridgehead atoms. The van der Waals surface area contributed by atoms with Crippen molar-refractivity contribution in [3.05, 3.63) is 0 Å². The molecule has 1 saturated carbocycles. The molecule has 6 nitrogen and oxygen atoms in total. The van der Waals surface area contributed by atoms with E-state index in [-0.39, 0.29) is 30.4 Å². The highest BCUT2D eigenvalue weighted by Crippen LogP contribution is 2.24. The van der Waals surface area contributed by atoms with Gasteiger partial charge >= 0.3 is 5.97 Å². The molecule has 1 amide bonds. The molecule has 1 aliphatic carbocycles. The van der Waals surface area contributed by atoms with E-state index in [9.17, 15) is 9.59 Å². The molecular formula is C14H26N2O4. The van der Waals surface area contributed by atoms with Crippen LogP contribution in [-0.4, -0.2) is 44.8 Å². The third-order valence-corrected chi connectivity index (χ3v) is 3.78. The van der Waals surface area contributed by atoms with Crippen LogP contribution in [0, 0.1) is 5.92 Å². The van der Waals surface area contributed by atoms with Crippen molar-refractivity contribution in [2.45, 2.75) is 50.6 Å². The summed E-state index contributed by atoms with van der Waals surface area (Å²) in [7, 11) is 2.89. The van der Waals surface area contributed by atoms with Gasteiger partial charge in [-0.1, -0.05) is 25.7 Å². The lowest BCUT2D eigenvalue weighted by Crippen LogP contribution is -2.51. The van der Waals surface area contributed by atoms with Crippen LogP contribution in [0.5, 0.6) is 0 Å². The number of carbonyl (C=O) groups is 2. The lowest BCUT2D eigenvalue weighted by Gasteiger charge is -2.29. The predicted molar refractivity (Wildman–Crippen MR) is 75.0 cm³/mol. The van der Waals surface area contributed by atoms with E-state index in [0.29, 0.717) is 0 Å².